The molecule has 0 aromatic heterocycles. The van der Waals surface area contributed by atoms with E-state index in [0.29, 0.717) is 17.9 Å². The second kappa shape index (κ2) is 7.90. The van der Waals surface area contributed by atoms with E-state index >= 15 is 0 Å². The van der Waals surface area contributed by atoms with Crippen LogP contribution in [0.25, 0.3) is 0 Å². The second-order valence-electron chi connectivity index (χ2n) is 7.74. The molecule has 2 saturated carbocycles. The summed E-state index contributed by atoms with van der Waals surface area (Å²) in [6, 6.07) is 1.30. The van der Waals surface area contributed by atoms with E-state index in [2.05, 4.69) is 15.5 Å². The second-order valence-corrected chi connectivity index (χ2v) is 7.74. The third-order valence-corrected chi connectivity index (χ3v) is 6.42. The quantitative estimate of drug-likeness (QED) is 0.808. The number of likely N-dealkylation sites (tertiary alicyclic amines) is 1. The van der Waals surface area contributed by atoms with Crippen molar-refractivity contribution >= 4 is 30.7 Å². The van der Waals surface area contributed by atoms with Gasteiger partial charge >= 0.3 is 0 Å². The molecule has 2 saturated heterocycles. The van der Waals surface area contributed by atoms with E-state index in [4.69, 9.17) is 0 Å². The summed E-state index contributed by atoms with van der Waals surface area (Å²) in [6.45, 7) is 4.33. The minimum atomic E-state index is -0.0775. The Morgan fingerprint density at radius 2 is 1.78 bits per heavy atom. The molecule has 4 aliphatic rings. The van der Waals surface area contributed by atoms with Crippen LogP contribution in [0.15, 0.2) is 0 Å². The zero-order chi connectivity index (χ0) is 14.3. The SMILES string of the molecule is Cl.Cl.O=C(NC1CCN(C2CC2)CC1)[C@@]12CCCC[C@H]1CNC2. The van der Waals surface area contributed by atoms with Crippen LogP contribution in [0, 0.1) is 11.3 Å². The van der Waals surface area contributed by atoms with Gasteiger partial charge in [-0.15, -0.1) is 24.8 Å². The fraction of sp³-hybridized carbons (Fsp3) is 0.941. The molecule has 4 fully saturated rings. The molecule has 134 valence electrons. The molecule has 0 aromatic carbocycles. The molecule has 4 rings (SSSR count). The average molecular weight is 364 g/mol. The van der Waals surface area contributed by atoms with E-state index in [0.717, 1.165) is 38.4 Å². The van der Waals surface area contributed by atoms with Crippen LogP contribution in [0.2, 0.25) is 0 Å². The molecule has 2 aliphatic carbocycles. The van der Waals surface area contributed by atoms with Gasteiger partial charge < -0.3 is 15.5 Å². The van der Waals surface area contributed by atoms with Gasteiger partial charge in [0.25, 0.3) is 0 Å². The van der Waals surface area contributed by atoms with Crippen molar-refractivity contribution in [1.82, 2.24) is 15.5 Å². The molecule has 0 bridgehead atoms. The Balaban J connectivity index is 0.000000960. The molecule has 23 heavy (non-hydrogen) atoms. The van der Waals surface area contributed by atoms with Gasteiger partial charge in [-0.3, -0.25) is 4.79 Å². The highest BCUT2D eigenvalue weighted by Crippen LogP contribution is 2.44. The van der Waals surface area contributed by atoms with Crippen molar-refractivity contribution in [2.24, 2.45) is 11.3 Å². The van der Waals surface area contributed by atoms with Crippen LogP contribution >= 0.6 is 24.8 Å². The van der Waals surface area contributed by atoms with Gasteiger partial charge in [-0.05, 0) is 51.0 Å². The van der Waals surface area contributed by atoms with Gasteiger partial charge in [0.05, 0.1) is 5.41 Å². The van der Waals surface area contributed by atoms with E-state index in [1.54, 1.807) is 0 Å². The summed E-state index contributed by atoms with van der Waals surface area (Å²) in [6.07, 6.45) is 9.96. The molecule has 2 heterocycles. The van der Waals surface area contributed by atoms with E-state index in [1.165, 1.54) is 45.2 Å². The van der Waals surface area contributed by atoms with E-state index < -0.39 is 0 Å². The predicted octanol–water partition coefficient (Wildman–Crippen LogP) is 2.35. The third-order valence-electron chi connectivity index (χ3n) is 6.42. The molecule has 2 aliphatic heterocycles. The highest BCUT2D eigenvalue weighted by Gasteiger charge is 2.50. The Morgan fingerprint density at radius 1 is 1.04 bits per heavy atom. The molecule has 2 atom stereocenters. The summed E-state index contributed by atoms with van der Waals surface area (Å²) in [4.78, 5) is 15.6. The standard InChI is InChI=1S/C17H29N3O.2ClH/c21-16(17-8-2-1-3-13(17)11-18-12-17)19-14-6-9-20(10-7-14)15-4-5-15;;/h13-15,18H,1-12H2,(H,19,21);2*1H/t13-,17+;;/m0../s1. The fourth-order valence-corrected chi connectivity index (χ4v) is 4.87. The summed E-state index contributed by atoms with van der Waals surface area (Å²) in [7, 11) is 0. The molecule has 0 spiro atoms. The molecular weight excluding hydrogens is 333 g/mol. The van der Waals surface area contributed by atoms with Crippen LogP contribution in [-0.2, 0) is 4.79 Å². The van der Waals surface area contributed by atoms with Gasteiger partial charge in [-0.25, -0.2) is 0 Å². The van der Waals surface area contributed by atoms with Crippen molar-refractivity contribution in [3.05, 3.63) is 0 Å². The van der Waals surface area contributed by atoms with Crippen LogP contribution in [-0.4, -0.2) is 49.1 Å². The zero-order valence-corrected chi connectivity index (χ0v) is 15.5. The largest absolute Gasteiger partial charge is 0.353 e. The molecule has 4 nitrogen and oxygen atoms in total. The number of nitrogens with zero attached hydrogens (tertiary/aromatic N) is 1. The van der Waals surface area contributed by atoms with Gasteiger partial charge in [0.15, 0.2) is 0 Å². The number of fused-ring (bicyclic) bond motifs is 1. The van der Waals surface area contributed by atoms with Gasteiger partial charge in [0.2, 0.25) is 5.91 Å². The maximum absolute atomic E-state index is 12.9. The molecule has 0 radical (unpaired) electrons. The third kappa shape index (κ3) is 3.81. The lowest BCUT2D eigenvalue weighted by Gasteiger charge is -2.39. The monoisotopic (exact) mass is 363 g/mol. The van der Waals surface area contributed by atoms with Gasteiger partial charge in [0, 0.05) is 31.7 Å². The summed E-state index contributed by atoms with van der Waals surface area (Å²) in [5, 5.41) is 6.91. The lowest BCUT2D eigenvalue weighted by Crippen LogP contribution is -2.53. The Bertz CT molecular complexity index is 411. The van der Waals surface area contributed by atoms with Crippen LogP contribution < -0.4 is 10.6 Å². The molecular formula is C17H31Cl2N3O. The highest BCUT2D eigenvalue weighted by molar-refractivity contribution is 5.85. The van der Waals surface area contributed by atoms with Crippen molar-refractivity contribution in [1.29, 1.82) is 0 Å². The minimum absolute atomic E-state index is 0. The van der Waals surface area contributed by atoms with E-state index in [9.17, 15) is 4.79 Å². The topological polar surface area (TPSA) is 44.4 Å². The van der Waals surface area contributed by atoms with Gasteiger partial charge in [-0.2, -0.15) is 0 Å². The Morgan fingerprint density at radius 3 is 2.48 bits per heavy atom. The van der Waals surface area contributed by atoms with Crippen molar-refractivity contribution in [3.8, 4) is 0 Å². The van der Waals surface area contributed by atoms with Gasteiger partial charge in [-0.1, -0.05) is 12.8 Å². The number of carbonyl (C=O) groups is 1. The van der Waals surface area contributed by atoms with Gasteiger partial charge in [0.1, 0.15) is 0 Å². The highest BCUT2D eigenvalue weighted by atomic mass is 35.5. The zero-order valence-electron chi connectivity index (χ0n) is 13.9. The van der Waals surface area contributed by atoms with Crippen LogP contribution in [0.4, 0.5) is 0 Å². The number of carbonyl (C=O) groups excluding carboxylic acids is 1. The minimum Gasteiger partial charge on any atom is -0.353 e. The lowest BCUT2D eigenvalue weighted by molar-refractivity contribution is -0.135. The molecule has 2 N–H and O–H groups in total. The van der Waals surface area contributed by atoms with Crippen molar-refractivity contribution in [2.45, 2.75) is 63.5 Å². The first-order valence-corrected chi connectivity index (χ1v) is 9.04. The van der Waals surface area contributed by atoms with Crippen LogP contribution in [0.3, 0.4) is 0 Å². The first-order valence-electron chi connectivity index (χ1n) is 9.04. The first-order chi connectivity index (χ1) is 10.3. The summed E-state index contributed by atoms with van der Waals surface area (Å²) in [5.41, 5.74) is -0.0775. The Labute approximate surface area is 152 Å². The van der Waals surface area contributed by atoms with Crippen molar-refractivity contribution < 1.29 is 4.79 Å². The number of rotatable bonds is 3. The number of nitrogens with one attached hydrogen (secondary N) is 2. The molecule has 0 unspecified atom stereocenters. The lowest BCUT2D eigenvalue weighted by atomic mass is 9.67. The van der Waals surface area contributed by atoms with Crippen molar-refractivity contribution in [2.75, 3.05) is 26.2 Å². The summed E-state index contributed by atoms with van der Waals surface area (Å²) >= 11 is 0. The number of amides is 1. The molecule has 0 aromatic rings. The molecule has 1 amide bonds. The van der Waals surface area contributed by atoms with Crippen LogP contribution in [0.5, 0.6) is 0 Å². The van der Waals surface area contributed by atoms with E-state index in [-0.39, 0.29) is 30.2 Å². The predicted molar refractivity (Wildman–Crippen MR) is 97.5 cm³/mol. The Kier molecular flexibility index (Phi) is 6.63. The normalized spacial score (nSPS) is 34.9. The average Bonchev–Trinajstić information content (AvgIpc) is 3.26. The smallest absolute Gasteiger partial charge is 0.228 e. The number of hydrogen-bond acceptors (Lipinski definition) is 3. The van der Waals surface area contributed by atoms with Crippen LogP contribution in [0.1, 0.15) is 51.4 Å². The maximum Gasteiger partial charge on any atom is 0.228 e. The number of hydrogen-bond donors (Lipinski definition) is 2. The number of halogens is 2. The summed E-state index contributed by atoms with van der Waals surface area (Å²) < 4.78 is 0. The first kappa shape index (κ1) is 19.3. The maximum atomic E-state index is 12.9. The Hall–Kier alpha value is -0.0300. The van der Waals surface area contributed by atoms with Crippen molar-refractivity contribution in [3.63, 3.8) is 0 Å². The summed E-state index contributed by atoms with van der Waals surface area (Å²) in [5.74, 6) is 0.944. The van der Waals surface area contributed by atoms with E-state index in [1.807, 2.05) is 0 Å². The number of piperidine rings is 1. The molecule has 6 heteroatoms. The fourth-order valence-electron chi connectivity index (χ4n) is 4.87.